The largest absolute Gasteiger partial charge is 0.507 e. The van der Waals surface area contributed by atoms with E-state index < -0.39 is 6.04 Å². The second kappa shape index (κ2) is 8.30. The molecule has 0 saturated carbocycles. The van der Waals surface area contributed by atoms with Gasteiger partial charge in [-0.15, -0.1) is 0 Å². The Morgan fingerprint density at radius 3 is 2.44 bits per heavy atom. The van der Waals surface area contributed by atoms with E-state index in [0.717, 1.165) is 5.56 Å². The quantitative estimate of drug-likeness (QED) is 0.650. The maximum atomic E-state index is 13.1. The zero-order valence-corrected chi connectivity index (χ0v) is 13.9. The number of nitrogen functional groups attached to an aromatic ring is 1. The molecule has 3 rings (SSSR count). The fourth-order valence-corrected chi connectivity index (χ4v) is 2.81. The number of halogens is 1. The van der Waals surface area contributed by atoms with Gasteiger partial charge in [0.2, 0.25) is 0 Å². The second-order valence-corrected chi connectivity index (χ2v) is 5.92. The molecule has 138 valence electrons. The Morgan fingerprint density at radius 1 is 1.15 bits per heavy atom. The number of aromatic hydroxyl groups is 1. The van der Waals surface area contributed by atoms with Crippen LogP contribution in [0.4, 0.5) is 10.2 Å². The van der Waals surface area contributed by atoms with E-state index in [-0.39, 0.29) is 30.4 Å². The predicted molar refractivity (Wildman–Crippen MR) is 104 cm³/mol. The third kappa shape index (κ3) is 4.22. The molecule has 5 nitrogen and oxygen atoms in total. The minimum absolute atomic E-state index is 0. The first kappa shape index (κ1) is 19.9. The van der Waals surface area contributed by atoms with E-state index in [2.05, 4.69) is 4.98 Å². The molecule has 0 unspecified atom stereocenters. The van der Waals surface area contributed by atoms with Crippen LogP contribution in [-0.4, -0.2) is 10.1 Å². The van der Waals surface area contributed by atoms with Crippen LogP contribution < -0.4 is 11.5 Å². The van der Waals surface area contributed by atoms with Gasteiger partial charge in [0.15, 0.2) is 0 Å². The fourth-order valence-electron chi connectivity index (χ4n) is 2.81. The molecule has 2 aromatic carbocycles. The number of anilines is 1. The van der Waals surface area contributed by atoms with Gasteiger partial charge >= 0.3 is 0 Å². The van der Waals surface area contributed by atoms with E-state index in [1.807, 2.05) is 6.07 Å². The van der Waals surface area contributed by atoms with Gasteiger partial charge in [-0.25, -0.2) is 9.37 Å². The van der Waals surface area contributed by atoms with Crippen LogP contribution in [-0.2, 0) is 6.42 Å². The van der Waals surface area contributed by atoms with Crippen molar-refractivity contribution in [2.75, 3.05) is 5.73 Å². The van der Waals surface area contributed by atoms with Crippen LogP contribution >= 0.6 is 0 Å². The van der Waals surface area contributed by atoms with Gasteiger partial charge in [0.25, 0.3) is 0 Å². The summed E-state index contributed by atoms with van der Waals surface area (Å²) in [6.45, 7) is 0. The van der Waals surface area contributed by atoms with Gasteiger partial charge in [-0.2, -0.15) is 5.26 Å². The Kier molecular flexibility index (Phi) is 6.11. The highest BCUT2D eigenvalue weighted by atomic mass is 19.1. The molecule has 1 heterocycles. The number of para-hydroxylation sites is 1. The summed E-state index contributed by atoms with van der Waals surface area (Å²) < 4.78 is 13.1. The highest BCUT2D eigenvalue weighted by Gasteiger charge is 2.18. The zero-order chi connectivity index (χ0) is 18.7. The van der Waals surface area contributed by atoms with Crippen LogP contribution in [0.1, 0.15) is 30.2 Å². The van der Waals surface area contributed by atoms with Crippen molar-refractivity contribution in [3.8, 4) is 23.1 Å². The minimum atomic E-state index is -0.537. The molecule has 1 aromatic heterocycles. The second-order valence-electron chi connectivity index (χ2n) is 5.92. The molecule has 0 aliphatic rings. The minimum Gasteiger partial charge on any atom is -0.507 e. The molecule has 5 N–H and O–H groups in total. The Labute approximate surface area is 157 Å². The number of nitrogens with zero attached hydrogens (tertiary/aromatic N) is 2. The Balaban J connectivity index is 0.00000261. The third-order valence-corrected chi connectivity index (χ3v) is 4.14. The molecule has 0 amide bonds. The normalized spacial score (nSPS) is 11.3. The molecule has 0 aliphatic carbocycles. The lowest BCUT2D eigenvalue weighted by atomic mass is 9.94. The van der Waals surface area contributed by atoms with Gasteiger partial charge in [-0.3, -0.25) is 0 Å². The molecule has 1 atom stereocenters. The molecule has 0 saturated heterocycles. The number of phenolic OH excluding ortho intramolecular Hbond substituents is 1. The molecule has 6 heteroatoms. The predicted octanol–water partition coefficient (Wildman–Crippen LogP) is 3.93. The number of phenols is 1. The molecule has 0 fully saturated rings. The first-order valence-electron chi connectivity index (χ1n) is 7.98. The summed E-state index contributed by atoms with van der Waals surface area (Å²) in [6, 6.07) is 15.9. The van der Waals surface area contributed by atoms with Gasteiger partial charge in [0.05, 0.1) is 11.3 Å². The lowest BCUT2D eigenvalue weighted by Gasteiger charge is -2.17. The standard InChI is InChI=1S/C20H17FN4O.CH4/c21-13-7-5-12(6-8-13)9-17(23)15-10-18(25-20(24)16(15)11-22)14-3-1-2-4-19(14)26;/h1-8,10,17,26H,9,23H2,(H2,24,25);1H4/t17-;/m0./s1. The average Bonchev–Trinajstić information content (AvgIpc) is 2.63. The fraction of sp³-hybridized carbons (Fsp3) is 0.143. The lowest BCUT2D eigenvalue weighted by Crippen LogP contribution is -2.16. The SMILES string of the molecule is C.N#Cc1c([C@@H](N)Cc2ccc(F)cc2)cc(-c2ccccc2O)nc1N. The summed E-state index contributed by atoms with van der Waals surface area (Å²) in [4.78, 5) is 4.23. The van der Waals surface area contributed by atoms with Crippen molar-refractivity contribution >= 4 is 5.82 Å². The smallest absolute Gasteiger partial charge is 0.142 e. The zero-order valence-electron chi connectivity index (χ0n) is 13.9. The number of nitrogens with two attached hydrogens (primary N) is 2. The number of pyridine rings is 1. The Bertz CT molecular complexity index is 980. The summed E-state index contributed by atoms with van der Waals surface area (Å²) in [6.07, 6.45) is 0.401. The monoisotopic (exact) mass is 364 g/mol. The first-order valence-corrected chi connectivity index (χ1v) is 7.98. The van der Waals surface area contributed by atoms with E-state index in [9.17, 15) is 14.8 Å². The van der Waals surface area contributed by atoms with Gasteiger partial charge in [-0.1, -0.05) is 31.7 Å². The summed E-state index contributed by atoms with van der Waals surface area (Å²) in [7, 11) is 0. The first-order chi connectivity index (χ1) is 12.5. The maximum Gasteiger partial charge on any atom is 0.142 e. The van der Waals surface area contributed by atoms with Crippen molar-refractivity contribution in [2.24, 2.45) is 5.73 Å². The van der Waals surface area contributed by atoms with Crippen LogP contribution in [0.3, 0.4) is 0 Å². The van der Waals surface area contributed by atoms with Gasteiger partial charge in [0, 0.05) is 11.6 Å². The molecule has 3 aromatic rings. The van der Waals surface area contributed by atoms with E-state index in [1.54, 1.807) is 42.5 Å². The Morgan fingerprint density at radius 2 is 1.81 bits per heavy atom. The summed E-state index contributed by atoms with van der Waals surface area (Å²) in [5, 5.41) is 19.5. The maximum absolute atomic E-state index is 13.1. The van der Waals surface area contributed by atoms with E-state index in [4.69, 9.17) is 11.5 Å². The van der Waals surface area contributed by atoms with Crippen LogP contribution in [0.15, 0.2) is 54.6 Å². The number of benzene rings is 2. The van der Waals surface area contributed by atoms with Gasteiger partial charge in [0.1, 0.15) is 23.5 Å². The van der Waals surface area contributed by atoms with Crippen molar-refractivity contribution < 1.29 is 9.50 Å². The molecular formula is C21H21FN4O. The highest BCUT2D eigenvalue weighted by Crippen LogP contribution is 2.32. The van der Waals surface area contributed by atoms with Crippen LogP contribution in [0.2, 0.25) is 0 Å². The van der Waals surface area contributed by atoms with Crippen molar-refractivity contribution in [1.82, 2.24) is 4.98 Å². The summed E-state index contributed by atoms with van der Waals surface area (Å²) >= 11 is 0. The summed E-state index contributed by atoms with van der Waals surface area (Å²) in [5.74, 6) is -0.213. The topological polar surface area (TPSA) is 109 Å². The molecule has 0 spiro atoms. The average molecular weight is 364 g/mol. The molecule has 0 aliphatic heterocycles. The molecule has 0 radical (unpaired) electrons. The number of aromatic nitrogens is 1. The highest BCUT2D eigenvalue weighted by molar-refractivity contribution is 5.71. The van der Waals surface area contributed by atoms with Crippen LogP contribution in [0.25, 0.3) is 11.3 Å². The molecule has 27 heavy (non-hydrogen) atoms. The Hall–Kier alpha value is -3.43. The van der Waals surface area contributed by atoms with Gasteiger partial charge in [-0.05, 0) is 47.9 Å². The number of nitriles is 1. The van der Waals surface area contributed by atoms with E-state index in [0.29, 0.717) is 23.2 Å². The van der Waals surface area contributed by atoms with Crippen LogP contribution in [0.5, 0.6) is 5.75 Å². The van der Waals surface area contributed by atoms with E-state index in [1.165, 1.54) is 12.1 Å². The third-order valence-electron chi connectivity index (χ3n) is 4.14. The van der Waals surface area contributed by atoms with Crippen molar-refractivity contribution in [2.45, 2.75) is 19.9 Å². The van der Waals surface area contributed by atoms with Crippen molar-refractivity contribution in [3.63, 3.8) is 0 Å². The van der Waals surface area contributed by atoms with Crippen molar-refractivity contribution in [3.05, 3.63) is 77.1 Å². The van der Waals surface area contributed by atoms with E-state index >= 15 is 0 Å². The molecule has 0 bridgehead atoms. The summed E-state index contributed by atoms with van der Waals surface area (Å²) in [5.41, 5.74) is 14.8. The van der Waals surface area contributed by atoms with Crippen LogP contribution in [0, 0.1) is 17.1 Å². The van der Waals surface area contributed by atoms with Gasteiger partial charge < -0.3 is 16.6 Å². The number of hydrogen-bond donors (Lipinski definition) is 3. The number of rotatable bonds is 4. The molecular weight excluding hydrogens is 343 g/mol. The lowest BCUT2D eigenvalue weighted by molar-refractivity contribution is 0.477. The van der Waals surface area contributed by atoms with Crippen molar-refractivity contribution in [1.29, 1.82) is 5.26 Å². The number of hydrogen-bond acceptors (Lipinski definition) is 5.